The quantitative estimate of drug-likeness (QED) is 0.760. The summed E-state index contributed by atoms with van der Waals surface area (Å²) in [5, 5.41) is 13.8. The van der Waals surface area contributed by atoms with Gasteiger partial charge in [0.2, 0.25) is 0 Å². The van der Waals surface area contributed by atoms with Crippen molar-refractivity contribution in [3.05, 3.63) is 23.2 Å². The van der Waals surface area contributed by atoms with Crippen molar-refractivity contribution in [2.24, 2.45) is 0 Å². The lowest BCUT2D eigenvalue weighted by Gasteiger charge is -2.10. The van der Waals surface area contributed by atoms with Crippen LogP contribution in [0.1, 0.15) is 18.4 Å². The molecule has 1 aromatic carbocycles. The molecule has 0 spiro atoms. The van der Waals surface area contributed by atoms with Gasteiger partial charge < -0.3 is 14.8 Å². The first kappa shape index (κ1) is 15.7. The Morgan fingerprint density at radius 1 is 1.19 bits per heavy atom. The van der Waals surface area contributed by atoms with Crippen LogP contribution in [0.5, 0.6) is 11.5 Å². The van der Waals surface area contributed by atoms with Crippen LogP contribution in [-0.4, -0.2) is 37.5 Å². The van der Waals surface area contributed by atoms with Crippen molar-refractivity contribution in [1.29, 1.82) is 0 Å². The van der Waals surface area contributed by atoms with Crippen LogP contribution >= 0.6 is 11.3 Å². The molecule has 0 atom stereocenters. The molecule has 0 aliphatic rings. The predicted octanol–water partition coefficient (Wildman–Crippen LogP) is 2.76. The largest absolute Gasteiger partial charge is 0.493 e. The van der Waals surface area contributed by atoms with Crippen LogP contribution in [0.4, 0.5) is 0 Å². The van der Waals surface area contributed by atoms with E-state index >= 15 is 0 Å². The van der Waals surface area contributed by atoms with Gasteiger partial charge >= 0.3 is 0 Å². The van der Waals surface area contributed by atoms with Crippen molar-refractivity contribution >= 4 is 11.3 Å². The fourth-order valence-corrected chi connectivity index (χ4v) is 2.96. The second-order valence-electron chi connectivity index (χ2n) is 4.50. The lowest BCUT2D eigenvalue weighted by atomic mass is 10.2. The van der Waals surface area contributed by atoms with Crippen LogP contribution in [-0.2, 0) is 6.42 Å². The molecule has 0 aliphatic heterocycles. The summed E-state index contributed by atoms with van der Waals surface area (Å²) in [7, 11) is 3.27. The van der Waals surface area contributed by atoms with Gasteiger partial charge in [-0.3, -0.25) is 0 Å². The summed E-state index contributed by atoms with van der Waals surface area (Å²) in [6, 6.07) is 5.79. The first-order chi connectivity index (χ1) is 10.3. The Morgan fingerprint density at radius 2 is 2.05 bits per heavy atom. The van der Waals surface area contributed by atoms with Gasteiger partial charge in [-0.2, -0.15) is 0 Å². The van der Waals surface area contributed by atoms with Gasteiger partial charge in [0.15, 0.2) is 16.5 Å². The molecule has 0 fully saturated rings. The minimum Gasteiger partial charge on any atom is -0.493 e. The van der Waals surface area contributed by atoms with E-state index in [0.29, 0.717) is 11.5 Å². The number of benzene rings is 1. The first-order valence-electron chi connectivity index (χ1n) is 7.04. The zero-order valence-corrected chi connectivity index (χ0v) is 13.5. The molecule has 0 bridgehead atoms. The molecule has 0 amide bonds. The third kappa shape index (κ3) is 3.92. The van der Waals surface area contributed by atoms with Crippen molar-refractivity contribution in [3.63, 3.8) is 0 Å². The molecule has 0 unspecified atom stereocenters. The molecule has 0 saturated carbocycles. The van der Waals surface area contributed by atoms with Gasteiger partial charge in [0.1, 0.15) is 5.01 Å². The molecule has 0 radical (unpaired) electrons. The van der Waals surface area contributed by atoms with Crippen molar-refractivity contribution in [2.75, 3.05) is 27.3 Å². The van der Waals surface area contributed by atoms with E-state index in [-0.39, 0.29) is 0 Å². The molecule has 5 nitrogen and oxygen atoms in total. The molecule has 0 aliphatic carbocycles. The highest BCUT2D eigenvalue weighted by Gasteiger charge is 2.15. The number of methoxy groups -OCH3 is 2. The second kappa shape index (κ2) is 7.95. The summed E-state index contributed by atoms with van der Waals surface area (Å²) in [6.07, 6.45) is 2.01. The van der Waals surface area contributed by atoms with Crippen molar-refractivity contribution < 1.29 is 9.47 Å². The Bertz CT molecular complexity index is 572. The summed E-state index contributed by atoms with van der Waals surface area (Å²) < 4.78 is 10.8. The number of rotatable bonds is 8. The fourth-order valence-electron chi connectivity index (χ4n) is 2.06. The van der Waals surface area contributed by atoms with E-state index in [0.717, 1.165) is 41.5 Å². The molecule has 1 N–H and O–H groups in total. The highest BCUT2D eigenvalue weighted by Crippen LogP contribution is 2.38. The molecule has 2 aromatic rings. The van der Waals surface area contributed by atoms with E-state index in [9.17, 15) is 0 Å². The van der Waals surface area contributed by atoms with Crippen LogP contribution in [0, 0.1) is 0 Å². The summed E-state index contributed by atoms with van der Waals surface area (Å²) in [5.74, 6) is 1.41. The average Bonchev–Trinajstić information content (AvgIpc) is 2.99. The number of hydrogen-bond acceptors (Lipinski definition) is 6. The molecular formula is C15H21N3O2S. The number of ether oxygens (including phenoxy) is 2. The molecule has 2 rings (SSSR count). The van der Waals surface area contributed by atoms with Gasteiger partial charge in [-0.05, 0) is 31.6 Å². The molecule has 1 heterocycles. The highest BCUT2D eigenvalue weighted by atomic mass is 32.1. The van der Waals surface area contributed by atoms with Crippen molar-refractivity contribution in [3.8, 4) is 22.1 Å². The lowest BCUT2D eigenvalue weighted by Crippen LogP contribution is -2.14. The molecule has 21 heavy (non-hydrogen) atoms. The predicted molar refractivity (Wildman–Crippen MR) is 85.3 cm³/mol. The van der Waals surface area contributed by atoms with Gasteiger partial charge in [-0.1, -0.05) is 24.3 Å². The Balaban J connectivity index is 2.14. The van der Waals surface area contributed by atoms with E-state index < -0.39 is 0 Å². The number of hydrogen-bond donors (Lipinski definition) is 1. The lowest BCUT2D eigenvalue weighted by molar-refractivity contribution is 0.356. The number of nitrogens with one attached hydrogen (secondary N) is 1. The van der Waals surface area contributed by atoms with E-state index in [1.165, 1.54) is 0 Å². The Kier molecular flexibility index (Phi) is 5.95. The maximum absolute atomic E-state index is 5.45. The minimum absolute atomic E-state index is 0.704. The smallest absolute Gasteiger partial charge is 0.171 e. The molecular weight excluding hydrogens is 286 g/mol. The Labute approximate surface area is 129 Å². The van der Waals surface area contributed by atoms with E-state index in [1.54, 1.807) is 25.6 Å². The van der Waals surface area contributed by atoms with E-state index in [4.69, 9.17) is 9.47 Å². The fraction of sp³-hybridized carbons (Fsp3) is 0.467. The Morgan fingerprint density at radius 3 is 2.76 bits per heavy atom. The molecule has 1 aromatic heterocycles. The third-order valence-electron chi connectivity index (χ3n) is 3.09. The van der Waals surface area contributed by atoms with Crippen LogP contribution in [0.2, 0.25) is 0 Å². The topological polar surface area (TPSA) is 56.3 Å². The van der Waals surface area contributed by atoms with Crippen LogP contribution in [0.25, 0.3) is 10.6 Å². The zero-order chi connectivity index (χ0) is 15.1. The third-order valence-corrected chi connectivity index (χ3v) is 4.11. The monoisotopic (exact) mass is 307 g/mol. The van der Waals surface area contributed by atoms with Crippen LogP contribution in [0.15, 0.2) is 18.2 Å². The summed E-state index contributed by atoms with van der Waals surface area (Å²) >= 11 is 1.61. The number of aryl methyl sites for hydroxylation is 1. The SMILES string of the molecule is CCNCCCc1nnc(-c2cccc(OC)c2OC)s1. The number of nitrogens with zero attached hydrogens (tertiary/aromatic N) is 2. The van der Waals surface area contributed by atoms with Gasteiger partial charge in [-0.15, -0.1) is 10.2 Å². The number of para-hydroxylation sites is 1. The number of aromatic nitrogens is 2. The van der Waals surface area contributed by atoms with Gasteiger partial charge in [0, 0.05) is 6.42 Å². The molecule has 6 heteroatoms. The maximum atomic E-state index is 5.45. The van der Waals surface area contributed by atoms with Crippen molar-refractivity contribution in [1.82, 2.24) is 15.5 Å². The minimum atomic E-state index is 0.704. The Hall–Kier alpha value is -1.66. The van der Waals surface area contributed by atoms with Gasteiger partial charge in [0.05, 0.1) is 19.8 Å². The zero-order valence-electron chi connectivity index (χ0n) is 12.7. The van der Waals surface area contributed by atoms with Crippen LogP contribution < -0.4 is 14.8 Å². The maximum Gasteiger partial charge on any atom is 0.171 e. The van der Waals surface area contributed by atoms with E-state index in [2.05, 4.69) is 22.4 Å². The van der Waals surface area contributed by atoms with Crippen molar-refractivity contribution in [2.45, 2.75) is 19.8 Å². The molecule has 114 valence electrons. The average molecular weight is 307 g/mol. The summed E-state index contributed by atoms with van der Waals surface area (Å²) in [4.78, 5) is 0. The van der Waals surface area contributed by atoms with Gasteiger partial charge in [0.25, 0.3) is 0 Å². The van der Waals surface area contributed by atoms with Crippen LogP contribution in [0.3, 0.4) is 0 Å². The first-order valence-corrected chi connectivity index (χ1v) is 7.86. The standard InChI is InChI=1S/C15H21N3O2S/c1-4-16-10-6-9-13-17-18-15(21-13)11-7-5-8-12(19-2)14(11)20-3/h5,7-8,16H,4,6,9-10H2,1-3H3. The van der Waals surface area contributed by atoms with E-state index in [1.807, 2.05) is 18.2 Å². The van der Waals surface area contributed by atoms with Gasteiger partial charge in [-0.25, -0.2) is 0 Å². The summed E-state index contributed by atoms with van der Waals surface area (Å²) in [6.45, 7) is 4.12. The highest BCUT2D eigenvalue weighted by molar-refractivity contribution is 7.14. The molecule has 0 saturated heterocycles. The normalized spacial score (nSPS) is 10.6. The second-order valence-corrected chi connectivity index (χ2v) is 5.56. The summed E-state index contributed by atoms with van der Waals surface area (Å²) in [5.41, 5.74) is 0.923.